The number of nitrogens with one attached hydrogen (secondary N) is 1. The molecule has 4 rings (SSSR count). The molecule has 2 aliphatic heterocycles. The van der Waals surface area contributed by atoms with Crippen LogP contribution in [-0.4, -0.2) is 98.2 Å². The Morgan fingerprint density at radius 1 is 1.08 bits per heavy atom. The highest BCUT2D eigenvalue weighted by Crippen LogP contribution is 2.39. The summed E-state index contributed by atoms with van der Waals surface area (Å²) in [5.74, 6) is -0.00327. The van der Waals surface area contributed by atoms with E-state index in [0.29, 0.717) is 55.9 Å². The number of nitrogens with zero attached hydrogens (tertiary/aromatic N) is 3. The quantitative estimate of drug-likeness (QED) is 0.617. The largest absolute Gasteiger partial charge is 0.497 e. The molecular weight excluding hydrogens is 472 g/mol. The van der Waals surface area contributed by atoms with Crippen molar-refractivity contribution >= 4 is 17.7 Å². The third-order valence-corrected chi connectivity index (χ3v) is 7.16. The zero-order valence-electron chi connectivity index (χ0n) is 22.0. The van der Waals surface area contributed by atoms with Crippen LogP contribution in [0, 0.1) is 6.92 Å². The number of hydrogen-bond acceptors (Lipinski definition) is 6. The van der Waals surface area contributed by atoms with Gasteiger partial charge in [0.2, 0.25) is 5.91 Å². The van der Waals surface area contributed by atoms with E-state index in [4.69, 9.17) is 9.47 Å². The van der Waals surface area contributed by atoms with E-state index in [9.17, 15) is 14.4 Å². The molecule has 2 heterocycles. The number of benzene rings is 2. The van der Waals surface area contributed by atoms with Crippen molar-refractivity contribution in [1.29, 1.82) is 0 Å². The third kappa shape index (κ3) is 5.62. The van der Waals surface area contributed by atoms with Crippen LogP contribution >= 0.6 is 0 Å². The second-order valence-corrected chi connectivity index (χ2v) is 9.88. The van der Waals surface area contributed by atoms with Crippen LogP contribution in [0.15, 0.2) is 48.5 Å². The summed E-state index contributed by atoms with van der Waals surface area (Å²) >= 11 is 0. The molecule has 0 radical (unpaired) electrons. The number of hydrogen-bond donors (Lipinski definition) is 1. The minimum atomic E-state index is -0.966. The van der Waals surface area contributed by atoms with Gasteiger partial charge in [0, 0.05) is 50.1 Å². The van der Waals surface area contributed by atoms with E-state index < -0.39 is 11.8 Å². The average Bonchev–Trinajstić information content (AvgIpc) is 3.26. The second-order valence-electron chi connectivity index (χ2n) is 9.88. The Bertz CT molecular complexity index is 1140. The first-order chi connectivity index (χ1) is 17.8. The number of likely N-dealkylation sites (tertiary alicyclic amines) is 1. The number of likely N-dealkylation sites (N-methyl/N-ethyl adjacent to an activating group) is 1. The molecule has 198 valence electrons. The number of ether oxygens (including phenoxy) is 2. The van der Waals surface area contributed by atoms with Crippen molar-refractivity contribution in [3.05, 3.63) is 65.2 Å². The van der Waals surface area contributed by atoms with Gasteiger partial charge in [0.25, 0.3) is 11.8 Å². The van der Waals surface area contributed by atoms with Gasteiger partial charge in [0.1, 0.15) is 17.5 Å². The molecule has 3 amide bonds. The predicted molar refractivity (Wildman–Crippen MR) is 140 cm³/mol. The Kier molecular flexibility index (Phi) is 8.14. The Labute approximate surface area is 218 Å². The summed E-state index contributed by atoms with van der Waals surface area (Å²) in [7, 11) is 5.42. The van der Waals surface area contributed by atoms with Crippen LogP contribution in [0.3, 0.4) is 0 Å². The summed E-state index contributed by atoms with van der Waals surface area (Å²) < 4.78 is 11.6. The first kappa shape index (κ1) is 26.6. The first-order valence-electron chi connectivity index (χ1n) is 12.6. The van der Waals surface area contributed by atoms with Gasteiger partial charge in [0.05, 0.1) is 13.7 Å². The lowest BCUT2D eigenvalue weighted by molar-refractivity contribution is -0.128. The van der Waals surface area contributed by atoms with Crippen molar-refractivity contribution in [2.75, 3.05) is 54.0 Å². The van der Waals surface area contributed by atoms with Crippen LogP contribution in [0.25, 0.3) is 0 Å². The van der Waals surface area contributed by atoms with Crippen molar-refractivity contribution in [1.82, 2.24) is 20.0 Å². The molecule has 9 heteroatoms. The molecule has 2 fully saturated rings. The van der Waals surface area contributed by atoms with Crippen LogP contribution < -0.4 is 10.1 Å². The van der Waals surface area contributed by atoms with Crippen LogP contribution in [0.2, 0.25) is 0 Å². The fourth-order valence-electron chi connectivity index (χ4n) is 5.03. The fourth-order valence-corrected chi connectivity index (χ4v) is 5.03. The van der Waals surface area contributed by atoms with E-state index in [1.54, 1.807) is 41.2 Å². The lowest BCUT2D eigenvalue weighted by Gasteiger charge is -2.44. The monoisotopic (exact) mass is 508 g/mol. The highest BCUT2D eigenvalue weighted by Gasteiger charge is 2.54. The van der Waals surface area contributed by atoms with Crippen molar-refractivity contribution in [2.24, 2.45) is 0 Å². The predicted octanol–water partition coefficient (Wildman–Crippen LogP) is 2.15. The molecule has 37 heavy (non-hydrogen) atoms. The van der Waals surface area contributed by atoms with Gasteiger partial charge in [-0.25, -0.2) is 0 Å². The Morgan fingerprint density at radius 2 is 1.81 bits per heavy atom. The van der Waals surface area contributed by atoms with E-state index in [2.05, 4.69) is 5.32 Å². The van der Waals surface area contributed by atoms with Gasteiger partial charge in [-0.3, -0.25) is 19.3 Å². The number of aryl methyl sites for hydroxylation is 1. The van der Waals surface area contributed by atoms with Gasteiger partial charge in [0.15, 0.2) is 0 Å². The lowest BCUT2D eigenvalue weighted by Crippen LogP contribution is -2.60. The molecular formula is C28H36N4O5. The summed E-state index contributed by atoms with van der Waals surface area (Å²) in [6.07, 6.45) is 0.837. The molecule has 2 aromatic rings. The number of carbonyl (C=O) groups is 3. The molecule has 0 saturated carbocycles. The number of methoxy groups -OCH3 is 1. The van der Waals surface area contributed by atoms with Gasteiger partial charge in [-0.1, -0.05) is 24.3 Å². The highest BCUT2D eigenvalue weighted by molar-refractivity contribution is 5.99. The zero-order chi connectivity index (χ0) is 26.6. The molecule has 1 spiro atoms. The standard InChI is InChI=1S/C28H36N4O5/c1-20-8-5-6-11-23(20)27(35)31-15-12-28(13-16-31)32(26(34)21-9-7-10-22(18-21)36-4)24(19-37-28)25(33)29-14-17-30(2)3/h5-11,18,24H,12-17,19H2,1-4H3,(H,29,33)/t24-/m1/s1. The number of carbonyl (C=O) groups excluding carboxylic acids is 3. The minimum absolute atomic E-state index is 0.0328. The summed E-state index contributed by atoms with van der Waals surface area (Å²) in [6, 6.07) is 13.7. The minimum Gasteiger partial charge on any atom is -0.497 e. The van der Waals surface area contributed by atoms with Gasteiger partial charge in [-0.2, -0.15) is 0 Å². The van der Waals surface area contributed by atoms with E-state index >= 15 is 0 Å². The van der Waals surface area contributed by atoms with Crippen LogP contribution in [0.4, 0.5) is 0 Å². The number of amides is 3. The van der Waals surface area contributed by atoms with Gasteiger partial charge in [-0.05, 0) is 50.8 Å². The molecule has 1 atom stereocenters. The molecule has 0 aliphatic carbocycles. The second kappa shape index (κ2) is 11.3. The molecule has 9 nitrogen and oxygen atoms in total. The summed E-state index contributed by atoms with van der Waals surface area (Å²) in [4.78, 5) is 45.7. The molecule has 2 aliphatic rings. The average molecular weight is 509 g/mol. The fraction of sp³-hybridized carbons (Fsp3) is 0.464. The smallest absolute Gasteiger partial charge is 0.257 e. The van der Waals surface area contributed by atoms with E-state index in [0.717, 1.165) is 5.56 Å². The maximum Gasteiger partial charge on any atom is 0.257 e. The van der Waals surface area contributed by atoms with Gasteiger partial charge >= 0.3 is 0 Å². The molecule has 0 bridgehead atoms. The van der Waals surface area contributed by atoms with Crippen molar-refractivity contribution < 1.29 is 23.9 Å². The van der Waals surface area contributed by atoms with Gasteiger partial charge in [-0.15, -0.1) is 0 Å². The van der Waals surface area contributed by atoms with Crippen molar-refractivity contribution in [3.8, 4) is 5.75 Å². The third-order valence-electron chi connectivity index (χ3n) is 7.16. The van der Waals surface area contributed by atoms with Crippen LogP contribution in [0.5, 0.6) is 5.75 Å². The maximum absolute atomic E-state index is 13.9. The lowest BCUT2D eigenvalue weighted by atomic mass is 9.95. The highest BCUT2D eigenvalue weighted by atomic mass is 16.5. The molecule has 0 unspecified atom stereocenters. The van der Waals surface area contributed by atoms with Crippen molar-refractivity contribution in [2.45, 2.75) is 31.5 Å². The Hall–Kier alpha value is -3.43. The summed E-state index contributed by atoms with van der Waals surface area (Å²) in [6.45, 7) is 4.02. The van der Waals surface area contributed by atoms with Crippen LogP contribution in [0.1, 0.15) is 39.1 Å². The number of piperidine rings is 1. The Balaban J connectivity index is 1.57. The molecule has 1 N–H and O–H groups in total. The summed E-state index contributed by atoms with van der Waals surface area (Å²) in [5.41, 5.74) is 1.06. The molecule has 2 aromatic carbocycles. The molecule has 0 aromatic heterocycles. The van der Waals surface area contributed by atoms with Crippen LogP contribution in [-0.2, 0) is 9.53 Å². The van der Waals surface area contributed by atoms with Gasteiger partial charge < -0.3 is 24.6 Å². The zero-order valence-corrected chi connectivity index (χ0v) is 22.0. The topological polar surface area (TPSA) is 91.4 Å². The SMILES string of the molecule is COc1cccc(C(=O)N2[C@@H](C(=O)NCCN(C)C)COC23CCN(C(=O)c2ccccc2C)CC3)c1. The first-order valence-corrected chi connectivity index (χ1v) is 12.6. The molecule has 2 saturated heterocycles. The van der Waals surface area contributed by atoms with E-state index in [-0.39, 0.29) is 24.3 Å². The number of rotatable bonds is 7. The maximum atomic E-state index is 13.9. The van der Waals surface area contributed by atoms with Crippen molar-refractivity contribution in [3.63, 3.8) is 0 Å². The van der Waals surface area contributed by atoms with E-state index in [1.807, 2.05) is 50.2 Å². The Morgan fingerprint density at radius 3 is 2.49 bits per heavy atom. The summed E-state index contributed by atoms with van der Waals surface area (Å²) in [5, 5.41) is 2.95. The normalized spacial score (nSPS) is 18.8. The van der Waals surface area contributed by atoms with E-state index in [1.165, 1.54) is 0 Å².